The van der Waals surface area contributed by atoms with Crippen molar-refractivity contribution in [3.63, 3.8) is 0 Å². The lowest BCUT2D eigenvalue weighted by Crippen LogP contribution is -2.52. The van der Waals surface area contributed by atoms with Gasteiger partial charge in [0.25, 0.3) is 0 Å². The van der Waals surface area contributed by atoms with Gasteiger partial charge < -0.3 is 9.22 Å². The third kappa shape index (κ3) is 6.38. The highest BCUT2D eigenvalue weighted by Crippen LogP contribution is 2.36. The number of carbonyl (C=O) groups is 1. The van der Waals surface area contributed by atoms with E-state index in [4.69, 9.17) is 4.74 Å². The van der Waals surface area contributed by atoms with Gasteiger partial charge in [-0.3, -0.25) is 5.32 Å². The molecule has 3 atom stereocenters. The number of hydrogen-bond acceptors (Lipinski definition) is 2. The van der Waals surface area contributed by atoms with E-state index in [0.29, 0.717) is 5.92 Å². The van der Waals surface area contributed by atoms with E-state index in [0.717, 1.165) is 29.8 Å². The average Bonchev–Trinajstić information content (AvgIpc) is 3.19. The Hall–Kier alpha value is -2.33. The van der Waals surface area contributed by atoms with Gasteiger partial charge in [-0.05, 0) is 24.5 Å². The highest BCUT2D eigenvalue weighted by molar-refractivity contribution is 5.91. The van der Waals surface area contributed by atoms with Crippen molar-refractivity contribution >= 4 is 11.8 Å². The van der Waals surface area contributed by atoms with Crippen molar-refractivity contribution in [3.05, 3.63) is 54.6 Å². The SMILES string of the molecule is CCCCCCCCC[N@+]12CCC(C1)C(OC(=O)Nc1ccccc1-c1ccccc1)CC2. The Morgan fingerprint density at radius 3 is 2.42 bits per heavy atom. The van der Waals surface area contributed by atoms with Crippen LogP contribution in [0.2, 0.25) is 0 Å². The molecule has 0 aromatic heterocycles. The van der Waals surface area contributed by atoms with Crippen LogP contribution in [-0.4, -0.2) is 42.9 Å². The van der Waals surface area contributed by atoms with Gasteiger partial charge in [0.15, 0.2) is 0 Å². The lowest BCUT2D eigenvalue weighted by molar-refractivity contribution is -0.922. The number of carbonyl (C=O) groups excluding carboxylic acids is 1. The van der Waals surface area contributed by atoms with Gasteiger partial charge in [0.05, 0.1) is 37.8 Å². The quantitative estimate of drug-likeness (QED) is 0.289. The van der Waals surface area contributed by atoms with Crippen molar-refractivity contribution in [3.8, 4) is 11.1 Å². The van der Waals surface area contributed by atoms with Crippen LogP contribution in [0.25, 0.3) is 11.1 Å². The van der Waals surface area contributed by atoms with Gasteiger partial charge >= 0.3 is 6.09 Å². The molecule has 4 rings (SSSR count). The van der Waals surface area contributed by atoms with Crippen LogP contribution in [0.15, 0.2) is 54.6 Å². The Labute approximate surface area is 199 Å². The lowest BCUT2D eigenvalue weighted by Gasteiger charge is -2.40. The summed E-state index contributed by atoms with van der Waals surface area (Å²) in [6, 6.07) is 18.1. The first-order valence-electron chi connectivity index (χ1n) is 13.2. The van der Waals surface area contributed by atoms with E-state index in [-0.39, 0.29) is 12.2 Å². The van der Waals surface area contributed by atoms with Crippen molar-refractivity contribution in [2.24, 2.45) is 5.92 Å². The van der Waals surface area contributed by atoms with Crippen LogP contribution in [0.3, 0.4) is 0 Å². The number of ether oxygens (including phenoxy) is 1. The highest BCUT2D eigenvalue weighted by atomic mass is 16.6. The highest BCUT2D eigenvalue weighted by Gasteiger charge is 2.47. The normalized spacial score (nSPS) is 23.9. The molecule has 4 heteroatoms. The average molecular weight is 450 g/mol. The number of benzene rings is 2. The van der Waals surface area contributed by atoms with Crippen molar-refractivity contribution in [2.75, 3.05) is 31.5 Å². The largest absolute Gasteiger partial charge is 0.445 e. The molecular weight excluding hydrogens is 408 g/mol. The van der Waals surface area contributed by atoms with Crippen molar-refractivity contribution in [2.45, 2.75) is 70.8 Å². The zero-order valence-electron chi connectivity index (χ0n) is 20.3. The molecule has 0 saturated carbocycles. The number of nitrogens with zero attached hydrogens (tertiary/aromatic N) is 1. The summed E-state index contributed by atoms with van der Waals surface area (Å²) < 4.78 is 7.24. The predicted molar refractivity (Wildman–Crippen MR) is 136 cm³/mol. The molecule has 1 amide bonds. The number of anilines is 1. The maximum absolute atomic E-state index is 12.8. The number of para-hydroxylation sites is 1. The van der Waals surface area contributed by atoms with Gasteiger partial charge in [-0.15, -0.1) is 0 Å². The molecule has 2 bridgehead atoms. The summed E-state index contributed by atoms with van der Waals surface area (Å²) in [5.74, 6) is 0.512. The third-order valence-corrected chi connectivity index (χ3v) is 7.75. The van der Waals surface area contributed by atoms with Gasteiger partial charge in [0, 0.05) is 18.4 Å². The zero-order valence-corrected chi connectivity index (χ0v) is 20.3. The molecule has 2 heterocycles. The van der Waals surface area contributed by atoms with Crippen molar-refractivity contribution < 1.29 is 14.0 Å². The molecule has 33 heavy (non-hydrogen) atoms. The standard InChI is InChI=1S/C29H40N2O2/c1-2-3-4-5-6-7-13-20-31-21-18-25(23-31)28(19-22-31)33-29(32)30-27-17-12-11-16-26(27)24-14-9-8-10-15-24/h8-12,14-17,25,28H,2-7,13,18-23H2,1H3/p+1/t25?,28?,31-/m1/s1. The molecule has 2 aromatic rings. The second kappa shape index (κ2) is 11.7. The van der Waals surface area contributed by atoms with Gasteiger partial charge in [-0.1, -0.05) is 87.6 Å². The minimum Gasteiger partial charge on any atom is -0.445 e. The Bertz CT molecular complexity index is 884. The van der Waals surface area contributed by atoms with Crippen LogP contribution in [0, 0.1) is 5.92 Å². The summed E-state index contributed by atoms with van der Waals surface area (Å²) in [5, 5.41) is 3.02. The molecule has 4 nitrogen and oxygen atoms in total. The Morgan fingerprint density at radius 1 is 0.909 bits per heavy atom. The van der Waals surface area contributed by atoms with Crippen LogP contribution in [0.1, 0.15) is 64.7 Å². The van der Waals surface area contributed by atoms with E-state index in [1.807, 2.05) is 42.5 Å². The number of hydrogen-bond donors (Lipinski definition) is 1. The number of fused-ring (bicyclic) bond motifs is 2. The summed E-state index contributed by atoms with van der Waals surface area (Å²) in [5.41, 5.74) is 2.92. The molecule has 0 radical (unpaired) electrons. The summed E-state index contributed by atoms with van der Waals surface area (Å²) in [6.45, 7) is 7.20. The second-order valence-electron chi connectivity index (χ2n) is 10.1. The minimum absolute atomic E-state index is 0.0525. The molecule has 0 spiro atoms. The van der Waals surface area contributed by atoms with Crippen molar-refractivity contribution in [1.82, 2.24) is 0 Å². The predicted octanol–water partition coefficient (Wildman–Crippen LogP) is 7.26. The first kappa shape index (κ1) is 23.8. The van der Waals surface area contributed by atoms with E-state index in [1.165, 1.54) is 75.5 Å². The topological polar surface area (TPSA) is 38.3 Å². The number of rotatable bonds is 11. The van der Waals surface area contributed by atoms with Crippen LogP contribution < -0.4 is 5.32 Å². The monoisotopic (exact) mass is 449 g/mol. The lowest BCUT2D eigenvalue weighted by atomic mass is 9.95. The van der Waals surface area contributed by atoms with E-state index >= 15 is 0 Å². The van der Waals surface area contributed by atoms with E-state index in [1.54, 1.807) is 0 Å². The van der Waals surface area contributed by atoms with Gasteiger partial charge in [0.2, 0.25) is 0 Å². The smallest absolute Gasteiger partial charge is 0.411 e. The van der Waals surface area contributed by atoms with E-state index in [2.05, 4.69) is 24.4 Å². The molecule has 178 valence electrons. The number of piperidine rings is 1. The maximum atomic E-state index is 12.8. The summed E-state index contributed by atoms with van der Waals surface area (Å²) in [6.07, 6.45) is 11.5. The fourth-order valence-corrected chi connectivity index (χ4v) is 5.88. The first-order chi connectivity index (χ1) is 16.2. The summed E-state index contributed by atoms with van der Waals surface area (Å²) in [7, 11) is 0. The number of nitrogens with one attached hydrogen (secondary N) is 1. The van der Waals surface area contributed by atoms with Crippen molar-refractivity contribution in [1.29, 1.82) is 0 Å². The minimum atomic E-state index is -0.317. The number of amides is 1. The van der Waals surface area contributed by atoms with Gasteiger partial charge in [-0.2, -0.15) is 0 Å². The molecule has 2 saturated heterocycles. The van der Waals surface area contributed by atoms with Gasteiger partial charge in [-0.25, -0.2) is 4.79 Å². The van der Waals surface area contributed by atoms with E-state index in [9.17, 15) is 4.79 Å². The molecular formula is C29H41N2O2+. The molecule has 0 aliphatic carbocycles. The molecule has 2 aromatic carbocycles. The Balaban J connectivity index is 1.25. The summed E-state index contributed by atoms with van der Waals surface area (Å²) >= 11 is 0. The Morgan fingerprint density at radius 2 is 1.61 bits per heavy atom. The second-order valence-corrected chi connectivity index (χ2v) is 10.1. The fraction of sp³-hybridized carbons (Fsp3) is 0.552. The van der Waals surface area contributed by atoms with Crippen LogP contribution in [-0.2, 0) is 4.74 Å². The van der Waals surface area contributed by atoms with Crippen LogP contribution >= 0.6 is 0 Å². The fourth-order valence-electron chi connectivity index (χ4n) is 5.88. The van der Waals surface area contributed by atoms with E-state index < -0.39 is 0 Å². The molecule has 2 unspecified atom stereocenters. The summed E-state index contributed by atoms with van der Waals surface area (Å²) in [4.78, 5) is 12.8. The molecule has 1 N–H and O–H groups in total. The molecule has 2 fully saturated rings. The van der Waals surface area contributed by atoms with Gasteiger partial charge in [0.1, 0.15) is 6.10 Å². The molecule has 2 aliphatic heterocycles. The maximum Gasteiger partial charge on any atom is 0.411 e. The first-order valence-corrected chi connectivity index (χ1v) is 13.2. The number of quaternary nitrogens is 1. The molecule has 2 aliphatic rings. The third-order valence-electron chi connectivity index (χ3n) is 7.75. The number of unbranched alkanes of at least 4 members (excludes halogenated alkanes) is 6. The Kier molecular flexibility index (Phi) is 8.44. The van der Waals surface area contributed by atoms with Crippen LogP contribution in [0.4, 0.5) is 10.5 Å². The van der Waals surface area contributed by atoms with Crippen LogP contribution in [0.5, 0.6) is 0 Å². The zero-order chi connectivity index (χ0) is 22.9.